The van der Waals surface area contributed by atoms with Crippen molar-refractivity contribution in [3.05, 3.63) is 12.7 Å². The molecular weight excluding hydrogens is 425 g/mol. The summed E-state index contributed by atoms with van der Waals surface area (Å²) in [5, 5.41) is 1.51. The molecule has 0 heterocycles. The summed E-state index contributed by atoms with van der Waals surface area (Å²) in [7, 11) is 0. The number of hydrogen-bond donors (Lipinski definition) is 1. The molecule has 0 spiro atoms. The van der Waals surface area contributed by atoms with Gasteiger partial charge in [-0.25, -0.2) is 4.79 Å². The van der Waals surface area contributed by atoms with E-state index in [4.69, 9.17) is 0 Å². The number of halogens is 13. The van der Waals surface area contributed by atoms with E-state index < -0.39 is 55.0 Å². The summed E-state index contributed by atoms with van der Waals surface area (Å²) < 4.78 is 169. The van der Waals surface area contributed by atoms with Crippen LogP contribution in [0.3, 0.4) is 0 Å². The summed E-state index contributed by atoms with van der Waals surface area (Å²) in [6, 6.07) is 0. The monoisotopic (exact) mass is 433 g/mol. The van der Waals surface area contributed by atoms with E-state index in [1.807, 2.05) is 0 Å². The van der Waals surface area contributed by atoms with E-state index in [0.717, 1.165) is 6.08 Å². The predicted molar refractivity (Wildman–Crippen MR) is 60.3 cm³/mol. The molecule has 0 aliphatic heterocycles. The lowest BCUT2D eigenvalue weighted by molar-refractivity contribution is -0.440. The van der Waals surface area contributed by atoms with Crippen molar-refractivity contribution in [1.82, 2.24) is 5.32 Å². The minimum Gasteiger partial charge on any atom is -0.443 e. The Balaban J connectivity index is 5.80. The van der Waals surface area contributed by atoms with E-state index >= 15 is 0 Å². The van der Waals surface area contributed by atoms with E-state index in [-0.39, 0.29) is 0 Å². The van der Waals surface area contributed by atoms with Gasteiger partial charge in [0.1, 0.15) is 0 Å². The standard InChI is InChI=1S/C11H8F13NO2/c1-2-3-25-5(26)27-4-6(12,13)7(14,15)8(16,17)9(18,19)10(20,21)11(22,23)24/h2H,1,3-4H2,(H,25,26). The average molecular weight is 433 g/mol. The molecule has 0 aromatic carbocycles. The molecule has 27 heavy (non-hydrogen) atoms. The van der Waals surface area contributed by atoms with Crippen molar-refractivity contribution >= 4 is 6.09 Å². The highest BCUT2D eigenvalue weighted by Crippen LogP contribution is 2.60. The zero-order chi connectivity index (χ0) is 22.1. The number of alkyl halides is 13. The highest BCUT2D eigenvalue weighted by Gasteiger charge is 2.90. The van der Waals surface area contributed by atoms with E-state index in [2.05, 4.69) is 11.3 Å². The molecule has 0 rings (SSSR count). The Morgan fingerprint density at radius 1 is 0.778 bits per heavy atom. The molecule has 0 aliphatic carbocycles. The van der Waals surface area contributed by atoms with Crippen molar-refractivity contribution in [3.8, 4) is 0 Å². The van der Waals surface area contributed by atoms with E-state index in [1.165, 1.54) is 5.32 Å². The van der Waals surface area contributed by atoms with E-state index in [9.17, 15) is 61.9 Å². The van der Waals surface area contributed by atoms with Gasteiger partial charge in [-0.2, -0.15) is 57.1 Å². The summed E-state index contributed by atoms with van der Waals surface area (Å²) in [4.78, 5) is 10.7. The Bertz CT molecular complexity index is 555. The summed E-state index contributed by atoms with van der Waals surface area (Å²) in [5.74, 6) is -37.7. The van der Waals surface area contributed by atoms with Gasteiger partial charge < -0.3 is 10.1 Å². The molecular formula is C11H8F13NO2. The summed E-state index contributed by atoms with van der Waals surface area (Å²) >= 11 is 0. The SMILES string of the molecule is C=CCNC(=O)OCC(F)(F)C(F)(F)C(F)(F)C(F)(F)C(F)(F)C(F)(F)F. The molecule has 0 atom stereocenters. The fourth-order valence-electron chi connectivity index (χ4n) is 1.26. The first kappa shape index (κ1) is 25.1. The summed E-state index contributed by atoms with van der Waals surface area (Å²) in [6.45, 7) is -0.557. The maximum absolute atomic E-state index is 13.2. The van der Waals surface area contributed by atoms with Gasteiger partial charge in [-0.15, -0.1) is 6.58 Å². The summed E-state index contributed by atoms with van der Waals surface area (Å²) in [5.41, 5.74) is 0. The van der Waals surface area contributed by atoms with Gasteiger partial charge in [0.15, 0.2) is 6.61 Å². The number of carbonyl (C=O) groups excluding carboxylic acids is 1. The Kier molecular flexibility index (Phi) is 6.75. The maximum Gasteiger partial charge on any atom is 0.460 e. The van der Waals surface area contributed by atoms with Crippen LogP contribution in [0.25, 0.3) is 0 Å². The van der Waals surface area contributed by atoms with Crippen molar-refractivity contribution in [2.75, 3.05) is 13.2 Å². The first-order chi connectivity index (χ1) is 11.7. The predicted octanol–water partition coefficient (Wildman–Crippen LogP) is 4.64. The molecule has 0 unspecified atom stereocenters. The largest absolute Gasteiger partial charge is 0.460 e. The molecule has 0 aromatic heterocycles. The van der Waals surface area contributed by atoms with Crippen LogP contribution in [0.2, 0.25) is 0 Å². The second-order valence-corrected chi connectivity index (χ2v) is 4.75. The molecule has 0 radical (unpaired) electrons. The van der Waals surface area contributed by atoms with Crippen LogP contribution in [-0.4, -0.2) is 55.0 Å². The van der Waals surface area contributed by atoms with E-state index in [1.54, 1.807) is 0 Å². The number of nitrogens with one attached hydrogen (secondary N) is 1. The van der Waals surface area contributed by atoms with Crippen LogP contribution in [0.15, 0.2) is 12.7 Å². The van der Waals surface area contributed by atoms with Gasteiger partial charge in [-0.05, 0) is 0 Å². The van der Waals surface area contributed by atoms with Crippen LogP contribution in [0.5, 0.6) is 0 Å². The maximum atomic E-state index is 13.2. The molecule has 1 N–H and O–H groups in total. The minimum atomic E-state index is -7.99. The molecule has 0 aromatic rings. The number of carbonyl (C=O) groups is 1. The Morgan fingerprint density at radius 2 is 1.19 bits per heavy atom. The lowest BCUT2D eigenvalue weighted by Crippen LogP contribution is -2.70. The fourth-order valence-corrected chi connectivity index (χ4v) is 1.26. The Hall–Kier alpha value is -1.90. The van der Waals surface area contributed by atoms with Crippen LogP contribution in [0.4, 0.5) is 61.9 Å². The molecule has 0 fully saturated rings. The smallest absolute Gasteiger partial charge is 0.443 e. The van der Waals surface area contributed by atoms with E-state index in [0.29, 0.717) is 0 Å². The third-order valence-corrected chi connectivity index (χ3v) is 2.77. The third kappa shape index (κ3) is 4.17. The molecule has 0 aliphatic rings. The first-order valence-corrected chi connectivity index (χ1v) is 6.18. The fraction of sp³-hybridized carbons (Fsp3) is 0.727. The number of ether oxygens (including phenoxy) is 1. The van der Waals surface area contributed by atoms with Crippen LogP contribution in [-0.2, 0) is 4.74 Å². The van der Waals surface area contributed by atoms with Gasteiger partial charge in [0, 0.05) is 6.54 Å². The lowest BCUT2D eigenvalue weighted by atomic mass is 9.94. The van der Waals surface area contributed by atoms with Gasteiger partial charge in [0.25, 0.3) is 0 Å². The lowest BCUT2D eigenvalue weighted by Gasteiger charge is -2.39. The highest BCUT2D eigenvalue weighted by atomic mass is 19.4. The van der Waals surface area contributed by atoms with Crippen molar-refractivity contribution < 1.29 is 66.6 Å². The number of hydrogen-bond acceptors (Lipinski definition) is 2. The Morgan fingerprint density at radius 3 is 1.56 bits per heavy atom. The molecule has 1 amide bonds. The van der Waals surface area contributed by atoms with Crippen LogP contribution in [0, 0.1) is 0 Å². The number of alkyl carbamates (subject to hydrolysis) is 1. The normalized spacial score (nSPS) is 14.7. The van der Waals surface area contributed by atoms with Crippen molar-refractivity contribution in [3.63, 3.8) is 0 Å². The third-order valence-electron chi connectivity index (χ3n) is 2.77. The van der Waals surface area contributed by atoms with Gasteiger partial charge in [0.2, 0.25) is 0 Å². The van der Waals surface area contributed by atoms with Crippen molar-refractivity contribution in [2.45, 2.75) is 35.8 Å². The van der Waals surface area contributed by atoms with Crippen molar-refractivity contribution in [1.29, 1.82) is 0 Å². The van der Waals surface area contributed by atoms with Gasteiger partial charge in [-0.3, -0.25) is 0 Å². The molecule has 0 saturated heterocycles. The Labute approximate surface area is 141 Å². The van der Waals surface area contributed by atoms with Gasteiger partial charge in [0.05, 0.1) is 0 Å². The molecule has 0 saturated carbocycles. The molecule has 16 heteroatoms. The first-order valence-electron chi connectivity index (χ1n) is 6.18. The zero-order valence-electron chi connectivity index (χ0n) is 12.4. The summed E-state index contributed by atoms with van der Waals surface area (Å²) in [6.07, 6.45) is -8.53. The van der Waals surface area contributed by atoms with Gasteiger partial charge in [-0.1, -0.05) is 6.08 Å². The van der Waals surface area contributed by atoms with Crippen LogP contribution >= 0.6 is 0 Å². The van der Waals surface area contributed by atoms with Crippen LogP contribution < -0.4 is 5.32 Å². The molecule has 160 valence electrons. The molecule has 3 nitrogen and oxygen atoms in total. The topological polar surface area (TPSA) is 38.3 Å². The quantitative estimate of drug-likeness (QED) is 0.448. The van der Waals surface area contributed by atoms with Crippen molar-refractivity contribution in [2.24, 2.45) is 0 Å². The number of rotatable bonds is 8. The second kappa shape index (κ2) is 7.26. The minimum absolute atomic E-state index is 0.507. The number of amides is 1. The highest BCUT2D eigenvalue weighted by molar-refractivity contribution is 5.67. The molecule has 0 bridgehead atoms. The average Bonchev–Trinajstić information content (AvgIpc) is 2.49. The van der Waals surface area contributed by atoms with Gasteiger partial charge >= 0.3 is 41.9 Å². The zero-order valence-corrected chi connectivity index (χ0v) is 12.4. The van der Waals surface area contributed by atoms with Crippen LogP contribution in [0.1, 0.15) is 0 Å². The second-order valence-electron chi connectivity index (χ2n) is 4.75.